The summed E-state index contributed by atoms with van der Waals surface area (Å²) in [5, 5.41) is 3.11. The first kappa shape index (κ1) is 14.5. The van der Waals surface area contributed by atoms with Crippen LogP contribution in [0.2, 0.25) is 5.02 Å². The minimum Gasteiger partial charge on any atom is -0.466 e. The van der Waals surface area contributed by atoms with Gasteiger partial charge in [0.25, 0.3) is 0 Å². The van der Waals surface area contributed by atoms with Crippen LogP contribution in [0.25, 0.3) is 16.5 Å². The van der Waals surface area contributed by atoms with Gasteiger partial charge in [-0.2, -0.15) is 0 Å². The number of esters is 1. The quantitative estimate of drug-likeness (QED) is 0.209. The zero-order valence-corrected chi connectivity index (χ0v) is 11.4. The molecule has 1 rings (SSSR count). The van der Waals surface area contributed by atoms with Crippen LogP contribution in [0.1, 0.15) is 5.56 Å². The fraction of sp³-hybridized carbons (Fsp3) is 0.100. The first-order valence-corrected chi connectivity index (χ1v) is 5.66. The van der Waals surface area contributed by atoms with Gasteiger partial charge >= 0.3 is 5.97 Å². The van der Waals surface area contributed by atoms with Gasteiger partial charge in [0.05, 0.1) is 12.1 Å². The fourth-order valence-corrected chi connectivity index (χ4v) is 1.83. The summed E-state index contributed by atoms with van der Waals surface area (Å²) >= 11 is 8.72. The number of halogens is 3. The number of ether oxygens (including phenoxy) is 1. The summed E-state index contributed by atoms with van der Waals surface area (Å²) in [6.07, 6.45) is 1.19. The minimum atomic E-state index is -0.824. The molecule has 0 heterocycles. The number of carbonyl (C=O) groups is 1. The molecule has 0 unspecified atom stereocenters. The van der Waals surface area contributed by atoms with E-state index in [0.717, 1.165) is 13.2 Å². The molecule has 94 valence electrons. The average Bonchev–Trinajstić information content (AvgIpc) is 2.34. The number of carbonyl (C=O) groups excluding carboxylic acids is 1. The van der Waals surface area contributed by atoms with E-state index in [1.807, 2.05) is 0 Å². The highest BCUT2D eigenvalue weighted by molar-refractivity contribution is 9.10. The van der Waals surface area contributed by atoms with Crippen LogP contribution in [0, 0.1) is 5.82 Å². The number of rotatable bonds is 3. The summed E-state index contributed by atoms with van der Waals surface area (Å²) in [4.78, 5) is 13.8. The molecule has 1 aromatic carbocycles. The Labute approximate surface area is 115 Å². The van der Waals surface area contributed by atoms with Gasteiger partial charge in [-0.05, 0) is 29.3 Å². The minimum absolute atomic E-state index is 0.0672. The summed E-state index contributed by atoms with van der Waals surface area (Å²) in [5.41, 5.74) is 8.34. The molecule has 0 bridgehead atoms. The molecule has 0 atom stereocenters. The summed E-state index contributed by atoms with van der Waals surface area (Å²) in [6.45, 7) is 0. The lowest BCUT2D eigenvalue weighted by molar-refractivity contribution is -0.136. The normalized spacial score (nSPS) is 10.8. The second kappa shape index (κ2) is 6.39. The van der Waals surface area contributed by atoms with Crippen molar-refractivity contribution in [2.75, 3.05) is 7.11 Å². The predicted octanol–water partition coefficient (Wildman–Crippen LogP) is 4.07. The van der Waals surface area contributed by atoms with Crippen molar-refractivity contribution >= 4 is 39.6 Å². The summed E-state index contributed by atoms with van der Waals surface area (Å²) in [5.74, 6) is -1.48. The summed E-state index contributed by atoms with van der Waals surface area (Å²) < 4.78 is 18.1. The van der Waals surface area contributed by atoms with Gasteiger partial charge in [0.2, 0.25) is 0 Å². The van der Waals surface area contributed by atoms with Crippen LogP contribution in [-0.4, -0.2) is 13.1 Å². The molecule has 0 N–H and O–H groups in total. The van der Waals surface area contributed by atoms with E-state index in [0.29, 0.717) is 10.0 Å². The van der Waals surface area contributed by atoms with Gasteiger partial charge in [0, 0.05) is 9.38 Å². The topological polar surface area (TPSA) is 75.1 Å². The summed E-state index contributed by atoms with van der Waals surface area (Å²) in [6, 6.07) is 2.43. The van der Waals surface area contributed by atoms with Crippen molar-refractivity contribution in [3.8, 4) is 0 Å². The number of methoxy groups -OCH3 is 1. The molecule has 0 aliphatic rings. The van der Waals surface area contributed by atoms with E-state index in [1.54, 1.807) is 0 Å². The third-order valence-electron chi connectivity index (χ3n) is 1.88. The number of hydrogen-bond acceptors (Lipinski definition) is 3. The third-order valence-corrected chi connectivity index (χ3v) is 2.86. The van der Waals surface area contributed by atoms with Gasteiger partial charge < -0.3 is 4.74 Å². The number of nitrogens with zero attached hydrogens (tertiary/aromatic N) is 3. The molecule has 0 amide bonds. The Kier molecular flexibility index (Phi) is 5.15. The van der Waals surface area contributed by atoms with E-state index in [-0.39, 0.29) is 10.7 Å². The van der Waals surface area contributed by atoms with Crippen LogP contribution >= 0.6 is 27.5 Å². The standard InChI is InChI=1S/C10H6BrClFN3O2/c1-18-10(17)9(15-16-14)3-5-2-8(13)7(12)4-6(5)11/h2-4H,1H3/b9-3-. The zero-order valence-electron chi connectivity index (χ0n) is 9.02. The summed E-state index contributed by atoms with van der Waals surface area (Å²) in [7, 11) is 1.14. The lowest BCUT2D eigenvalue weighted by atomic mass is 10.2. The number of azide groups is 1. The molecular weight excluding hydrogens is 328 g/mol. The molecule has 0 aromatic heterocycles. The van der Waals surface area contributed by atoms with Crippen molar-refractivity contribution in [3.63, 3.8) is 0 Å². The molecule has 0 saturated carbocycles. The average molecular weight is 335 g/mol. The van der Waals surface area contributed by atoms with Crippen LogP contribution in [-0.2, 0) is 9.53 Å². The van der Waals surface area contributed by atoms with Crippen LogP contribution in [0.4, 0.5) is 4.39 Å². The maximum atomic E-state index is 13.3. The van der Waals surface area contributed by atoms with Crippen molar-refractivity contribution < 1.29 is 13.9 Å². The molecule has 5 nitrogen and oxygen atoms in total. The Bertz CT molecular complexity index is 570. The van der Waals surface area contributed by atoms with Crippen molar-refractivity contribution in [1.29, 1.82) is 0 Å². The molecule has 0 spiro atoms. The Morgan fingerprint density at radius 1 is 1.67 bits per heavy atom. The van der Waals surface area contributed by atoms with E-state index < -0.39 is 11.8 Å². The van der Waals surface area contributed by atoms with E-state index in [1.165, 1.54) is 12.1 Å². The Morgan fingerprint density at radius 2 is 2.33 bits per heavy atom. The first-order chi connectivity index (χ1) is 8.49. The second-order valence-corrected chi connectivity index (χ2v) is 4.26. The van der Waals surface area contributed by atoms with Crippen molar-refractivity contribution in [2.45, 2.75) is 0 Å². The van der Waals surface area contributed by atoms with E-state index in [4.69, 9.17) is 17.1 Å². The SMILES string of the molecule is COC(=O)/C(=C/c1cc(F)c(Cl)cc1Br)N=[N+]=[N-]. The van der Waals surface area contributed by atoms with Gasteiger partial charge in [-0.3, -0.25) is 0 Å². The van der Waals surface area contributed by atoms with Crippen molar-refractivity contribution in [3.05, 3.63) is 49.1 Å². The largest absolute Gasteiger partial charge is 0.466 e. The van der Waals surface area contributed by atoms with E-state index >= 15 is 0 Å². The van der Waals surface area contributed by atoms with Gasteiger partial charge in [-0.1, -0.05) is 32.6 Å². The highest BCUT2D eigenvalue weighted by atomic mass is 79.9. The van der Waals surface area contributed by atoms with Crippen LogP contribution in [0.3, 0.4) is 0 Å². The lowest BCUT2D eigenvalue weighted by Crippen LogP contribution is -2.02. The lowest BCUT2D eigenvalue weighted by Gasteiger charge is -2.03. The zero-order chi connectivity index (χ0) is 13.7. The highest BCUT2D eigenvalue weighted by Gasteiger charge is 2.10. The van der Waals surface area contributed by atoms with Crippen molar-refractivity contribution in [1.82, 2.24) is 0 Å². The number of hydrogen-bond donors (Lipinski definition) is 0. The van der Waals surface area contributed by atoms with Crippen LogP contribution < -0.4 is 0 Å². The molecule has 0 saturated heterocycles. The molecule has 0 aliphatic carbocycles. The second-order valence-electron chi connectivity index (χ2n) is 3.00. The third kappa shape index (κ3) is 3.46. The molecule has 18 heavy (non-hydrogen) atoms. The van der Waals surface area contributed by atoms with Gasteiger partial charge in [0.1, 0.15) is 11.5 Å². The molecule has 0 radical (unpaired) electrons. The van der Waals surface area contributed by atoms with E-state index in [2.05, 4.69) is 30.7 Å². The van der Waals surface area contributed by atoms with Gasteiger partial charge in [0.15, 0.2) is 0 Å². The maximum absolute atomic E-state index is 13.3. The Hall–Kier alpha value is -1.56. The maximum Gasteiger partial charge on any atom is 0.340 e. The Morgan fingerprint density at radius 3 is 2.89 bits per heavy atom. The fourth-order valence-electron chi connectivity index (χ4n) is 1.08. The number of benzene rings is 1. The van der Waals surface area contributed by atoms with Gasteiger partial charge in [-0.25, -0.2) is 9.18 Å². The molecular formula is C10H6BrClFN3O2. The Balaban J connectivity index is 3.32. The molecule has 8 heteroatoms. The van der Waals surface area contributed by atoms with Crippen LogP contribution in [0.5, 0.6) is 0 Å². The van der Waals surface area contributed by atoms with Crippen LogP contribution in [0.15, 0.2) is 27.4 Å². The van der Waals surface area contributed by atoms with Gasteiger partial charge in [-0.15, -0.1) is 0 Å². The van der Waals surface area contributed by atoms with E-state index in [9.17, 15) is 9.18 Å². The molecule has 1 aromatic rings. The monoisotopic (exact) mass is 333 g/mol. The smallest absolute Gasteiger partial charge is 0.340 e. The predicted molar refractivity (Wildman–Crippen MR) is 68.2 cm³/mol. The first-order valence-electron chi connectivity index (χ1n) is 4.49. The highest BCUT2D eigenvalue weighted by Crippen LogP contribution is 2.26. The molecule has 0 fully saturated rings. The van der Waals surface area contributed by atoms with Crippen molar-refractivity contribution in [2.24, 2.45) is 5.11 Å². The molecule has 0 aliphatic heterocycles.